The second kappa shape index (κ2) is 4.96. The van der Waals surface area contributed by atoms with Crippen LogP contribution in [-0.2, 0) is 6.54 Å². The zero-order chi connectivity index (χ0) is 10.7. The molecule has 1 aromatic heterocycles. The Labute approximate surface area is 94.8 Å². The lowest BCUT2D eigenvalue weighted by molar-refractivity contribution is 0.313. The number of thiophene rings is 1. The third-order valence-corrected chi connectivity index (χ3v) is 3.88. The van der Waals surface area contributed by atoms with Gasteiger partial charge in [-0.15, -0.1) is 11.3 Å². The standard InChI is InChI=1S/C11H18N2OS/c1-14-10-3-5-15-11(10)8-13-4-2-9(6-12)7-13/h3,5,9H,2,4,6-8,12H2,1H3. The highest BCUT2D eigenvalue weighted by Crippen LogP contribution is 2.27. The van der Waals surface area contributed by atoms with Gasteiger partial charge in [0, 0.05) is 13.1 Å². The molecule has 0 spiro atoms. The molecule has 2 rings (SSSR count). The summed E-state index contributed by atoms with van der Waals surface area (Å²) in [6.07, 6.45) is 1.24. The third-order valence-electron chi connectivity index (χ3n) is 2.99. The van der Waals surface area contributed by atoms with Gasteiger partial charge in [0.2, 0.25) is 0 Å². The highest BCUT2D eigenvalue weighted by atomic mass is 32.1. The first kappa shape index (κ1) is 10.9. The molecule has 0 radical (unpaired) electrons. The van der Waals surface area contributed by atoms with Crippen LogP contribution >= 0.6 is 11.3 Å². The summed E-state index contributed by atoms with van der Waals surface area (Å²) in [5.74, 6) is 1.71. The van der Waals surface area contributed by atoms with Crippen molar-refractivity contribution >= 4 is 11.3 Å². The second-order valence-electron chi connectivity index (χ2n) is 4.04. The molecule has 0 aliphatic carbocycles. The fraction of sp³-hybridized carbons (Fsp3) is 0.636. The van der Waals surface area contributed by atoms with Gasteiger partial charge in [0.1, 0.15) is 5.75 Å². The minimum Gasteiger partial charge on any atom is -0.496 e. The van der Waals surface area contributed by atoms with E-state index in [2.05, 4.69) is 10.3 Å². The Kier molecular flexibility index (Phi) is 3.61. The SMILES string of the molecule is COc1ccsc1CN1CCC(CN)C1. The van der Waals surface area contributed by atoms with Crippen molar-refractivity contribution in [3.8, 4) is 5.75 Å². The van der Waals surface area contributed by atoms with Crippen LogP contribution in [0.25, 0.3) is 0 Å². The van der Waals surface area contributed by atoms with E-state index in [4.69, 9.17) is 10.5 Å². The van der Waals surface area contributed by atoms with E-state index in [1.54, 1.807) is 18.4 Å². The Morgan fingerprint density at radius 1 is 1.67 bits per heavy atom. The summed E-state index contributed by atoms with van der Waals surface area (Å²) in [5, 5.41) is 2.09. The second-order valence-corrected chi connectivity index (χ2v) is 5.04. The average molecular weight is 226 g/mol. The van der Waals surface area contributed by atoms with E-state index in [1.165, 1.54) is 17.8 Å². The number of nitrogens with two attached hydrogens (primary N) is 1. The lowest BCUT2D eigenvalue weighted by Crippen LogP contribution is -2.22. The summed E-state index contributed by atoms with van der Waals surface area (Å²) in [7, 11) is 1.73. The maximum atomic E-state index is 5.68. The monoisotopic (exact) mass is 226 g/mol. The number of nitrogens with zero attached hydrogens (tertiary/aromatic N) is 1. The van der Waals surface area contributed by atoms with Crippen molar-refractivity contribution in [2.45, 2.75) is 13.0 Å². The number of hydrogen-bond donors (Lipinski definition) is 1. The lowest BCUT2D eigenvalue weighted by atomic mass is 10.1. The summed E-state index contributed by atoms with van der Waals surface area (Å²) >= 11 is 1.77. The molecule has 0 amide bonds. The zero-order valence-corrected chi connectivity index (χ0v) is 9.93. The summed E-state index contributed by atoms with van der Waals surface area (Å²) in [6, 6.07) is 2.04. The van der Waals surface area contributed by atoms with Crippen molar-refractivity contribution in [2.24, 2.45) is 11.7 Å². The third kappa shape index (κ3) is 2.51. The van der Waals surface area contributed by atoms with Crippen molar-refractivity contribution in [2.75, 3.05) is 26.7 Å². The topological polar surface area (TPSA) is 38.5 Å². The van der Waals surface area contributed by atoms with E-state index >= 15 is 0 Å². The molecule has 0 saturated carbocycles. The highest BCUT2D eigenvalue weighted by molar-refractivity contribution is 7.10. The largest absolute Gasteiger partial charge is 0.496 e. The van der Waals surface area contributed by atoms with Gasteiger partial charge in [0.25, 0.3) is 0 Å². The van der Waals surface area contributed by atoms with Gasteiger partial charge in [-0.05, 0) is 36.9 Å². The number of ether oxygens (including phenoxy) is 1. The van der Waals surface area contributed by atoms with Gasteiger partial charge in [0.15, 0.2) is 0 Å². The molecule has 2 N–H and O–H groups in total. The van der Waals surface area contributed by atoms with Gasteiger partial charge in [-0.2, -0.15) is 0 Å². The molecule has 4 heteroatoms. The Hall–Kier alpha value is -0.580. The van der Waals surface area contributed by atoms with Crippen molar-refractivity contribution in [1.29, 1.82) is 0 Å². The fourth-order valence-electron chi connectivity index (χ4n) is 2.08. The van der Waals surface area contributed by atoms with E-state index < -0.39 is 0 Å². The van der Waals surface area contributed by atoms with Gasteiger partial charge in [-0.1, -0.05) is 0 Å². The van der Waals surface area contributed by atoms with Crippen molar-refractivity contribution in [1.82, 2.24) is 4.90 Å². The van der Waals surface area contributed by atoms with Gasteiger partial charge in [-0.3, -0.25) is 4.90 Å². The van der Waals surface area contributed by atoms with Crippen molar-refractivity contribution in [3.63, 3.8) is 0 Å². The normalized spacial score (nSPS) is 22.1. The number of rotatable bonds is 4. The van der Waals surface area contributed by atoms with Gasteiger partial charge in [-0.25, -0.2) is 0 Å². The van der Waals surface area contributed by atoms with E-state index in [0.29, 0.717) is 5.92 Å². The molecule has 0 aromatic carbocycles. The van der Waals surface area contributed by atoms with Crippen LogP contribution in [0.1, 0.15) is 11.3 Å². The Bertz CT molecular complexity index is 313. The van der Waals surface area contributed by atoms with Crippen LogP contribution < -0.4 is 10.5 Å². The predicted octanol–water partition coefficient (Wildman–Crippen LogP) is 1.54. The Morgan fingerprint density at radius 2 is 2.53 bits per heavy atom. The van der Waals surface area contributed by atoms with E-state index in [-0.39, 0.29) is 0 Å². The molecule has 3 nitrogen and oxygen atoms in total. The molecular weight excluding hydrogens is 208 g/mol. The molecule has 0 bridgehead atoms. The Morgan fingerprint density at radius 3 is 3.20 bits per heavy atom. The predicted molar refractivity (Wildman–Crippen MR) is 63.3 cm³/mol. The molecule has 15 heavy (non-hydrogen) atoms. The van der Waals surface area contributed by atoms with Crippen LogP contribution in [0.2, 0.25) is 0 Å². The molecule has 84 valence electrons. The van der Waals surface area contributed by atoms with E-state index in [1.807, 2.05) is 6.07 Å². The van der Waals surface area contributed by atoms with Crippen LogP contribution in [0.4, 0.5) is 0 Å². The number of methoxy groups -OCH3 is 1. The quantitative estimate of drug-likeness (QED) is 0.846. The number of hydrogen-bond acceptors (Lipinski definition) is 4. The molecule has 1 fully saturated rings. The van der Waals surface area contributed by atoms with Crippen LogP contribution in [-0.4, -0.2) is 31.6 Å². The van der Waals surface area contributed by atoms with Crippen molar-refractivity contribution in [3.05, 3.63) is 16.3 Å². The number of likely N-dealkylation sites (tertiary alicyclic amines) is 1. The molecule has 1 saturated heterocycles. The minimum atomic E-state index is 0.691. The Balaban J connectivity index is 1.92. The first-order chi connectivity index (χ1) is 7.33. The fourth-order valence-corrected chi connectivity index (χ4v) is 2.96. The van der Waals surface area contributed by atoms with Crippen LogP contribution in [0.3, 0.4) is 0 Å². The molecule has 1 atom stereocenters. The maximum absolute atomic E-state index is 5.68. The van der Waals surface area contributed by atoms with E-state index in [0.717, 1.165) is 25.4 Å². The minimum absolute atomic E-state index is 0.691. The molecular formula is C11H18N2OS. The zero-order valence-electron chi connectivity index (χ0n) is 9.11. The highest BCUT2D eigenvalue weighted by Gasteiger charge is 2.22. The maximum Gasteiger partial charge on any atom is 0.134 e. The summed E-state index contributed by atoms with van der Waals surface area (Å²) in [4.78, 5) is 3.79. The smallest absolute Gasteiger partial charge is 0.134 e. The first-order valence-corrected chi connectivity index (χ1v) is 6.24. The molecule has 1 aliphatic rings. The van der Waals surface area contributed by atoms with Crippen LogP contribution in [0.5, 0.6) is 5.75 Å². The van der Waals surface area contributed by atoms with Crippen molar-refractivity contribution < 1.29 is 4.74 Å². The van der Waals surface area contributed by atoms with Gasteiger partial charge < -0.3 is 10.5 Å². The molecule has 1 unspecified atom stereocenters. The molecule has 1 aliphatic heterocycles. The van der Waals surface area contributed by atoms with Gasteiger partial charge >= 0.3 is 0 Å². The van der Waals surface area contributed by atoms with Gasteiger partial charge in [0.05, 0.1) is 12.0 Å². The molecule has 1 aromatic rings. The van der Waals surface area contributed by atoms with Crippen LogP contribution in [0.15, 0.2) is 11.4 Å². The summed E-state index contributed by atoms with van der Waals surface area (Å²) in [5.41, 5.74) is 5.68. The van der Waals surface area contributed by atoms with E-state index in [9.17, 15) is 0 Å². The first-order valence-electron chi connectivity index (χ1n) is 5.36. The lowest BCUT2D eigenvalue weighted by Gasteiger charge is -2.15. The van der Waals surface area contributed by atoms with Crippen LogP contribution in [0, 0.1) is 5.92 Å². The average Bonchev–Trinajstić information content (AvgIpc) is 2.87. The summed E-state index contributed by atoms with van der Waals surface area (Å²) < 4.78 is 5.31. The summed E-state index contributed by atoms with van der Waals surface area (Å²) in [6.45, 7) is 4.13. The molecule has 2 heterocycles.